The molecule has 0 saturated heterocycles. The van der Waals surface area contributed by atoms with Crippen molar-refractivity contribution in [2.24, 2.45) is 0 Å². The summed E-state index contributed by atoms with van der Waals surface area (Å²) in [6.45, 7) is 1.86. The van der Waals surface area contributed by atoms with Crippen molar-refractivity contribution in [1.29, 1.82) is 0 Å². The van der Waals surface area contributed by atoms with Gasteiger partial charge in [0.25, 0.3) is 5.24 Å². The highest BCUT2D eigenvalue weighted by atomic mass is 35.5. The first-order chi connectivity index (χ1) is 9.20. The summed E-state index contributed by atoms with van der Waals surface area (Å²) < 4.78 is 5.53. The Kier molecular flexibility index (Phi) is 4.58. The van der Waals surface area contributed by atoms with Crippen LogP contribution in [0, 0.1) is 0 Å². The smallest absolute Gasteiger partial charge is 0.262 e. The molecule has 0 aliphatic carbocycles. The van der Waals surface area contributed by atoms with Gasteiger partial charge in [-0.3, -0.25) is 4.79 Å². The monoisotopic (exact) mass is 274 g/mol. The molecule has 19 heavy (non-hydrogen) atoms. The molecule has 2 nitrogen and oxygen atoms in total. The Labute approximate surface area is 118 Å². The summed E-state index contributed by atoms with van der Waals surface area (Å²) in [4.78, 5) is 11.1. The third-order valence-corrected chi connectivity index (χ3v) is 3.11. The molecule has 0 aliphatic heterocycles. The van der Waals surface area contributed by atoms with Gasteiger partial charge in [0.15, 0.2) is 6.10 Å². The van der Waals surface area contributed by atoms with Gasteiger partial charge < -0.3 is 4.74 Å². The number of carbonyl (C=O) groups is 1. The van der Waals surface area contributed by atoms with E-state index in [4.69, 9.17) is 16.3 Å². The van der Waals surface area contributed by atoms with Gasteiger partial charge in [-0.25, -0.2) is 0 Å². The van der Waals surface area contributed by atoms with E-state index in [9.17, 15) is 4.79 Å². The van der Waals surface area contributed by atoms with E-state index in [2.05, 4.69) is 0 Å². The third kappa shape index (κ3) is 3.58. The Morgan fingerprint density at radius 3 is 2.16 bits per heavy atom. The fourth-order valence-electron chi connectivity index (χ4n) is 1.81. The van der Waals surface area contributed by atoms with Crippen molar-refractivity contribution in [3.8, 4) is 16.9 Å². The predicted octanol–water partition coefficient (Wildman–Crippen LogP) is 4.28. The lowest BCUT2D eigenvalue weighted by Gasteiger charge is -2.13. The molecule has 1 atom stereocenters. The first kappa shape index (κ1) is 13.6. The summed E-state index contributed by atoms with van der Waals surface area (Å²) in [5.41, 5.74) is 2.26. The SMILES string of the molecule is CCC(Oc1ccc(-c2ccccc2)cc1)C(=O)Cl. The lowest BCUT2D eigenvalue weighted by Crippen LogP contribution is -2.22. The maximum atomic E-state index is 11.1. The van der Waals surface area contributed by atoms with E-state index in [1.54, 1.807) is 0 Å². The molecule has 3 heteroatoms. The molecule has 2 aromatic carbocycles. The summed E-state index contributed by atoms with van der Waals surface area (Å²) >= 11 is 5.46. The van der Waals surface area contributed by atoms with Gasteiger partial charge >= 0.3 is 0 Å². The summed E-state index contributed by atoms with van der Waals surface area (Å²) in [6, 6.07) is 17.7. The Bertz CT molecular complexity index is 534. The van der Waals surface area contributed by atoms with Gasteiger partial charge in [-0.1, -0.05) is 49.4 Å². The second-order valence-electron chi connectivity index (χ2n) is 4.21. The van der Waals surface area contributed by atoms with E-state index in [-0.39, 0.29) is 0 Å². The molecular formula is C16H15ClO2. The molecule has 98 valence electrons. The normalized spacial score (nSPS) is 11.9. The van der Waals surface area contributed by atoms with Crippen LogP contribution in [0.25, 0.3) is 11.1 Å². The minimum Gasteiger partial charge on any atom is -0.481 e. The number of hydrogen-bond acceptors (Lipinski definition) is 2. The molecular weight excluding hydrogens is 260 g/mol. The molecule has 0 radical (unpaired) electrons. The number of benzene rings is 2. The van der Waals surface area contributed by atoms with Gasteiger partial charge in [-0.05, 0) is 41.3 Å². The molecule has 0 bridgehead atoms. The lowest BCUT2D eigenvalue weighted by molar-refractivity contribution is -0.117. The van der Waals surface area contributed by atoms with Crippen LogP contribution >= 0.6 is 11.6 Å². The first-order valence-electron chi connectivity index (χ1n) is 6.22. The van der Waals surface area contributed by atoms with Crippen LogP contribution < -0.4 is 4.74 Å². The van der Waals surface area contributed by atoms with E-state index < -0.39 is 11.3 Å². The zero-order valence-electron chi connectivity index (χ0n) is 10.7. The van der Waals surface area contributed by atoms with Crippen molar-refractivity contribution in [1.82, 2.24) is 0 Å². The summed E-state index contributed by atoms with van der Waals surface area (Å²) in [5.74, 6) is 0.653. The highest BCUT2D eigenvalue weighted by Gasteiger charge is 2.15. The highest BCUT2D eigenvalue weighted by molar-refractivity contribution is 6.64. The van der Waals surface area contributed by atoms with E-state index in [0.29, 0.717) is 12.2 Å². The molecule has 0 spiro atoms. The fourth-order valence-corrected chi connectivity index (χ4v) is 2.01. The van der Waals surface area contributed by atoms with Crippen LogP contribution in [0.4, 0.5) is 0 Å². The molecule has 0 saturated carbocycles. The Balaban J connectivity index is 2.13. The lowest BCUT2D eigenvalue weighted by atomic mass is 10.1. The van der Waals surface area contributed by atoms with Gasteiger partial charge in [-0.2, -0.15) is 0 Å². The maximum Gasteiger partial charge on any atom is 0.262 e. The van der Waals surface area contributed by atoms with Gasteiger partial charge in [-0.15, -0.1) is 0 Å². The molecule has 1 unspecified atom stereocenters. The molecule has 2 rings (SSSR count). The van der Waals surface area contributed by atoms with Crippen molar-refractivity contribution < 1.29 is 9.53 Å². The van der Waals surface area contributed by atoms with Crippen molar-refractivity contribution in [2.45, 2.75) is 19.4 Å². The molecule has 0 aliphatic rings. The minimum absolute atomic E-state index is 0.463. The van der Waals surface area contributed by atoms with Gasteiger partial charge in [0.2, 0.25) is 0 Å². The van der Waals surface area contributed by atoms with Crippen LogP contribution in [0.3, 0.4) is 0 Å². The third-order valence-electron chi connectivity index (χ3n) is 2.86. The minimum atomic E-state index is -0.579. The van der Waals surface area contributed by atoms with Gasteiger partial charge in [0.1, 0.15) is 5.75 Å². The zero-order chi connectivity index (χ0) is 13.7. The quantitative estimate of drug-likeness (QED) is 0.761. The maximum absolute atomic E-state index is 11.1. The molecule has 0 amide bonds. The number of carbonyl (C=O) groups excluding carboxylic acids is 1. The van der Waals surface area contributed by atoms with Gasteiger partial charge in [0.05, 0.1) is 0 Å². The molecule has 0 aromatic heterocycles. The topological polar surface area (TPSA) is 26.3 Å². The van der Waals surface area contributed by atoms with Crippen LogP contribution in [0.1, 0.15) is 13.3 Å². The van der Waals surface area contributed by atoms with Crippen molar-refractivity contribution >= 4 is 16.8 Å². The second kappa shape index (κ2) is 6.39. The Morgan fingerprint density at radius 1 is 1.05 bits per heavy atom. The Morgan fingerprint density at radius 2 is 1.63 bits per heavy atom. The summed E-state index contributed by atoms with van der Waals surface area (Å²) in [6.07, 6.45) is -0.0211. The summed E-state index contributed by atoms with van der Waals surface area (Å²) in [5, 5.41) is -0.463. The average molecular weight is 275 g/mol. The highest BCUT2D eigenvalue weighted by Crippen LogP contribution is 2.23. The van der Waals surface area contributed by atoms with Crippen LogP contribution in [-0.2, 0) is 4.79 Å². The van der Waals surface area contributed by atoms with Crippen LogP contribution in [0.5, 0.6) is 5.75 Å². The zero-order valence-corrected chi connectivity index (χ0v) is 11.4. The van der Waals surface area contributed by atoms with E-state index in [0.717, 1.165) is 11.1 Å². The van der Waals surface area contributed by atoms with Crippen molar-refractivity contribution in [3.05, 3.63) is 54.6 Å². The molecule has 0 heterocycles. The molecule has 2 aromatic rings. The van der Waals surface area contributed by atoms with Crippen molar-refractivity contribution in [3.63, 3.8) is 0 Å². The van der Waals surface area contributed by atoms with Crippen LogP contribution in [-0.4, -0.2) is 11.3 Å². The van der Waals surface area contributed by atoms with E-state index >= 15 is 0 Å². The number of ether oxygens (including phenoxy) is 1. The van der Waals surface area contributed by atoms with E-state index in [1.165, 1.54) is 0 Å². The largest absolute Gasteiger partial charge is 0.481 e. The predicted molar refractivity (Wildman–Crippen MR) is 77.4 cm³/mol. The van der Waals surface area contributed by atoms with Crippen molar-refractivity contribution in [2.75, 3.05) is 0 Å². The number of halogens is 1. The van der Waals surface area contributed by atoms with E-state index in [1.807, 2.05) is 61.5 Å². The molecule has 0 fully saturated rings. The Hall–Kier alpha value is -1.80. The molecule has 0 N–H and O–H groups in total. The van der Waals surface area contributed by atoms with Crippen LogP contribution in [0.15, 0.2) is 54.6 Å². The van der Waals surface area contributed by atoms with Gasteiger partial charge in [0, 0.05) is 0 Å². The second-order valence-corrected chi connectivity index (χ2v) is 4.58. The number of rotatable bonds is 5. The standard InChI is InChI=1S/C16H15ClO2/c1-2-15(16(17)18)19-14-10-8-13(9-11-14)12-6-4-3-5-7-12/h3-11,15H,2H2,1H3. The summed E-state index contributed by atoms with van der Waals surface area (Å²) in [7, 11) is 0. The average Bonchev–Trinajstić information content (AvgIpc) is 2.46. The number of hydrogen-bond donors (Lipinski definition) is 0. The van der Waals surface area contributed by atoms with Crippen LogP contribution in [0.2, 0.25) is 0 Å². The first-order valence-corrected chi connectivity index (χ1v) is 6.60. The fraction of sp³-hybridized carbons (Fsp3) is 0.188.